The zero-order chi connectivity index (χ0) is 23.7. The summed E-state index contributed by atoms with van der Waals surface area (Å²) in [5.74, 6) is -0.0950. The number of carbonyl (C=O) groups is 2. The van der Waals surface area contributed by atoms with Crippen LogP contribution in [0.3, 0.4) is 0 Å². The first kappa shape index (κ1) is 22.4. The summed E-state index contributed by atoms with van der Waals surface area (Å²) in [5.41, 5.74) is 4.44. The minimum absolute atomic E-state index is 0.0950. The van der Waals surface area contributed by atoms with Gasteiger partial charge in [0, 0.05) is 36.8 Å². The molecule has 1 aliphatic carbocycles. The van der Waals surface area contributed by atoms with Crippen molar-refractivity contribution in [3.05, 3.63) is 53.6 Å². The van der Waals surface area contributed by atoms with Crippen molar-refractivity contribution in [3.8, 4) is 17.3 Å². The van der Waals surface area contributed by atoms with Gasteiger partial charge in [0.25, 0.3) is 5.91 Å². The fourth-order valence-corrected chi connectivity index (χ4v) is 4.20. The lowest BCUT2D eigenvalue weighted by Crippen LogP contribution is -2.21. The van der Waals surface area contributed by atoms with E-state index in [1.54, 1.807) is 27.9 Å². The molecule has 0 radical (unpaired) electrons. The van der Waals surface area contributed by atoms with E-state index in [1.807, 2.05) is 42.5 Å². The molecule has 1 N–H and O–H groups in total. The van der Waals surface area contributed by atoms with Crippen LogP contribution in [-0.2, 0) is 4.74 Å². The number of nitrogens with one attached hydrogen (secondary N) is 1. The lowest BCUT2D eigenvalue weighted by Gasteiger charge is -2.30. The summed E-state index contributed by atoms with van der Waals surface area (Å²) in [6, 6.07) is 15.7. The van der Waals surface area contributed by atoms with Crippen LogP contribution in [0.25, 0.3) is 22.2 Å². The van der Waals surface area contributed by atoms with Crippen LogP contribution in [0.5, 0.6) is 0 Å². The van der Waals surface area contributed by atoms with E-state index in [9.17, 15) is 14.9 Å². The van der Waals surface area contributed by atoms with Crippen LogP contribution in [0.2, 0.25) is 0 Å². The number of nitrogens with zero attached hydrogens (tertiary/aromatic N) is 3. The maximum absolute atomic E-state index is 12.5. The highest BCUT2D eigenvalue weighted by Crippen LogP contribution is 2.42. The summed E-state index contributed by atoms with van der Waals surface area (Å²) in [6.07, 6.45) is 2.56. The van der Waals surface area contributed by atoms with Crippen LogP contribution in [0.1, 0.15) is 55.1 Å². The Morgan fingerprint density at radius 2 is 1.85 bits per heavy atom. The zero-order valence-electron chi connectivity index (χ0n) is 19.4. The van der Waals surface area contributed by atoms with Gasteiger partial charge in [0.2, 0.25) is 0 Å². The number of anilines is 1. The second-order valence-corrected chi connectivity index (χ2v) is 8.88. The van der Waals surface area contributed by atoms with E-state index >= 15 is 0 Å². The molecule has 0 aliphatic heterocycles. The fourth-order valence-electron chi connectivity index (χ4n) is 4.20. The molecule has 0 unspecified atom stereocenters. The van der Waals surface area contributed by atoms with Gasteiger partial charge in [0.05, 0.1) is 22.9 Å². The van der Waals surface area contributed by atoms with Crippen LogP contribution in [-0.4, -0.2) is 41.7 Å². The second-order valence-electron chi connectivity index (χ2n) is 8.88. The molecule has 1 fully saturated rings. The Balaban J connectivity index is 1.80. The second kappa shape index (κ2) is 8.99. The molecule has 0 atom stereocenters. The van der Waals surface area contributed by atoms with Gasteiger partial charge in [-0.3, -0.25) is 10.1 Å². The van der Waals surface area contributed by atoms with Gasteiger partial charge in [-0.25, -0.2) is 4.79 Å². The van der Waals surface area contributed by atoms with Crippen molar-refractivity contribution in [1.29, 1.82) is 5.26 Å². The van der Waals surface area contributed by atoms with Crippen LogP contribution in [0, 0.1) is 11.3 Å². The van der Waals surface area contributed by atoms with Gasteiger partial charge in [-0.1, -0.05) is 12.1 Å². The Hall–Kier alpha value is -3.79. The van der Waals surface area contributed by atoms with Crippen LogP contribution in [0.4, 0.5) is 10.5 Å². The number of hydrogen-bond acceptors (Lipinski definition) is 4. The monoisotopic (exact) mass is 444 g/mol. The number of hydrogen-bond donors (Lipinski definition) is 1. The molecular weight excluding hydrogens is 416 g/mol. The SMILES string of the molecule is CC(C)OC(=O)Nc1ccc(-c2c(C#N)c3cc(C(=O)N(C)C)ccc3n2C2CCC2)cc1. The normalized spacial score (nSPS) is 13.5. The average Bonchev–Trinajstić information content (AvgIpc) is 3.05. The van der Waals surface area contributed by atoms with Crippen LogP contribution < -0.4 is 5.32 Å². The van der Waals surface area contributed by atoms with E-state index in [1.165, 1.54) is 4.90 Å². The summed E-state index contributed by atoms with van der Waals surface area (Å²) in [6.45, 7) is 3.59. The van der Waals surface area contributed by atoms with Crippen molar-refractivity contribution in [2.75, 3.05) is 19.4 Å². The van der Waals surface area contributed by atoms with Gasteiger partial charge in [-0.15, -0.1) is 0 Å². The van der Waals surface area contributed by atoms with Crippen molar-refractivity contribution < 1.29 is 14.3 Å². The van der Waals surface area contributed by atoms with Crippen LogP contribution >= 0.6 is 0 Å². The highest BCUT2D eigenvalue weighted by atomic mass is 16.6. The first-order chi connectivity index (χ1) is 15.8. The molecule has 1 heterocycles. The predicted molar refractivity (Wildman–Crippen MR) is 128 cm³/mol. The van der Waals surface area contributed by atoms with E-state index in [-0.39, 0.29) is 12.0 Å². The first-order valence-corrected chi connectivity index (χ1v) is 11.2. The quantitative estimate of drug-likeness (QED) is 0.558. The lowest BCUT2D eigenvalue weighted by molar-refractivity contribution is 0.0827. The number of ether oxygens (including phenoxy) is 1. The molecule has 7 nitrogen and oxygen atoms in total. The Morgan fingerprint density at radius 1 is 1.15 bits per heavy atom. The molecule has 4 rings (SSSR count). The summed E-state index contributed by atoms with van der Waals surface area (Å²) >= 11 is 0. The average molecular weight is 445 g/mol. The molecule has 0 spiro atoms. The molecule has 170 valence electrons. The smallest absolute Gasteiger partial charge is 0.411 e. The van der Waals surface area contributed by atoms with E-state index in [0.29, 0.717) is 22.9 Å². The van der Waals surface area contributed by atoms with E-state index in [0.717, 1.165) is 41.4 Å². The van der Waals surface area contributed by atoms with E-state index < -0.39 is 6.09 Å². The number of nitriles is 1. The molecule has 2 aromatic carbocycles. The minimum Gasteiger partial charge on any atom is -0.447 e. The summed E-state index contributed by atoms with van der Waals surface area (Å²) in [7, 11) is 3.43. The molecule has 1 aliphatic rings. The Labute approximate surface area is 193 Å². The van der Waals surface area contributed by atoms with E-state index in [4.69, 9.17) is 4.74 Å². The number of fused-ring (bicyclic) bond motifs is 1. The molecule has 1 saturated carbocycles. The van der Waals surface area contributed by atoms with Gasteiger partial charge in [0.15, 0.2) is 0 Å². The molecule has 7 heteroatoms. The van der Waals surface area contributed by atoms with Crippen molar-refractivity contribution in [1.82, 2.24) is 9.47 Å². The number of aromatic nitrogens is 1. The zero-order valence-corrected chi connectivity index (χ0v) is 19.4. The summed E-state index contributed by atoms with van der Waals surface area (Å²) < 4.78 is 7.38. The van der Waals surface area contributed by atoms with Crippen molar-refractivity contribution in [2.24, 2.45) is 0 Å². The highest BCUT2D eigenvalue weighted by Gasteiger charge is 2.28. The maximum atomic E-state index is 12.5. The lowest BCUT2D eigenvalue weighted by atomic mass is 9.92. The molecule has 0 bridgehead atoms. The number of amides is 2. The predicted octanol–water partition coefficient (Wildman–Crippen LogP) is 5.56. The standard InChI is InChI=1S/C26H28N4O3/c1-16(2)33-26(32)28-19-11-8-17(9-12-19)24-22(15-27)21-14-18(25(31)29(3)4)10-13-23(21)30(24)20-6-5-7-20/h8-14,16,20H,5-7H2,1-4H3,(H,28,32). The third-order valence-corrected chi connectivity index (χ3v) is 5.96. The topological polar surface area (TPSA) is 87.4 Å². The van der Waals surface area contributed by atoms with Crippen molar-refractivity contribution >= 4 is 28.6 Å². The molecule has 3 aromatic rings. The molecular formula is C26H28N4O3. The molecule has 33 heavy (non-hydrogen) atoms. The number of rotatable bonds is 5. The Kier molecular flexibility index (Phi) is 6.10. The van der Waals surface area contributed by atoms with Gasteiger partial charge in [0.1, 0.15) is 6.07 Å². The van der Waals surface area contributed by atoms with Gasteiger partial charge < -0.3 is 14.2 Å². The van der Waals surface area contributed by atoms with Gasteiger partial charge >= 0.3 is 6.09 Å². The maximum Gasteiger partial charge on any atom is 0.411 e. The molecule has 2 amide bonds. The first-order valence-electron chi connectivity index (χ1n) is 11.2. The van der Waals surface area contributed by atoms with E-state index in [2.05, 4.69) is 16.0 Å². The minimum atomic E-state index is -0.503. The fraction of sp³-hybridized carbons (Fsp3) is 0.346. The van der Waals surface area contributed by atoms with Gasteiger partial charge in [-0.2, -0.15) is 5.26 Å². The summed E-state index contributed by atoms with van der Waals surface area (Å²) in [5, 5.41) is 13.6. The molecule has 1 aromatic heterocycles. The Bertz CT molecular complexity index is 1250. The number of benzene rings is 2. The number of carbonyl (C=O) groups excluding carboxylic acids is 2. The third-order valence-electron chi connectivity index (χ3n) is 5.96. The summed E-state index contributed by atoms with van der Waals surface area (Å²) in [4.78, 5) is 26.0. The Morgan fingerprint density at radius 3 is 2.39 bits per heavy atom. The van der Waals surface area contributed by atoms with Crippen molar-refractivity contribution in [3.63, 3.8) is 0 Å². The highest BCUT2D eigenvalue weighted by molar-refractivity contribution is 6.02. The largest absolute Gasteiger partial charge is 0.447 e. The molecule has 0 saturated heterocycles. The third kappa shape index (κ3) is 4.29. The van der Waals surface area contributed by atoms with Crippen molar-refractivity contribution in [2.45, 2.75) is 45.3 Å². The van der Waals surface area contributed by atoms with Crippen LogP contribution in [0.15, 0.2) is 42.5 Å². The van der Waals surface area contributed by atoms with Gasteiger partial charge in [-0.05, 0) is 69.0 Å².